The number of hydrogen-bond acceptors (Lipinski definition) is 2. The molecule has 1 aliphatic rings. The highest BCUT2D eigenvalue weighted by atomic mass is 15.3. The summed E-state index contributed by atoms with van der Waals surface area (Å²) >= 11 is 0. The molecule has 0 spiro atoms. The van der Waals surface area contributed by atoms with Crippen molar-refractivity contribution in [2.24, 2.45) is 11.7 Å². The second kappa shape index (κ2) is 5.87. The summed E-state index contributed by atoms with van der Waals surface area (Å²) in [5.41, 5.74) is 9.35. The maximum atomic E-state index is 6.38. The monoisotopic (exact) mass is 274 g/mol. The second-order valence-corrected chi connectivity index (χ2v) is 7.60. The van der Waals surface area contributed by atoms with Crippen molar-refractivity contribution in [3.8, 4) is 0 Å². The van der Waals surface area contributed by atoms with Crippen LogP contribution in [0.2, 0.25) is 0 Å². The largest absolute Gasteiger partial charge is 0.326 e. The van der Waals surface area contributed by atoms with Gasteiger partial charge in [0.15, 0.2) is 0 Å². The molecule has 2 heteroatoms. The third kappa shape index (κ3) is 3.42. The molecule has 0 saturated carbocycles. The lowest BCUT2D eigenvalue weighted by atomic mass is 9.94. The molecule has 0 radical (unpaired) electrons. The van der Waals surface area contributed by atoms with E-state index in [1.54, 1.807) is 0 Å². The van der Waals surface area contributed by atoms with Crippen LogP contribution in [0.15, 0.2) is 24.3 Å². The molecule has 0 bridgehead atoms. The van der Waals surface area contributed by atoms with E-state index in [9.17, 15) is 0 Å². The SMILES string of the molecule is CC(C)Cc1ccc(C2C(N)CCN2C(C)(C)C)cc1. The van der Waals surface area contributed by atoms with E-state index in [2.05, 4.69) is 63.8 Å². The summed E-state index contributed by atoms with van der Waals surface area (Å²) in [6.45, 7) is 12.5. The molecule has 2 N–H and O–H groups in total. The van der Waals surface area contributed by atoms with Crippen LogP contribution in [0.4, 0.5) is 0 Å². The van der Waals surface area contributed by atoms with Gasteiger partial charge in [-0.15, -0.1) is 0 Å². The summed E-state index contributed by atoms with van der Waals surface area (Å²) in [6, 6.07) is 9.74. The summed E-state index contributed by atoms with van der Waals surface area (Å²) in [7, 11) is 0. The fourth-order valence-corrected chi connectivity index (χ4v) is 3.32. The molecule has 1 saturated heterocycles. The highest BCUT2D eigenvalue weighted by molar-refractivity contribution is 5.28. The molecule has 1 aliphatic heterocycles. The summed E-state index contributed by atoms with van der Waals surface area (Å²) < 4.78 is 0. The Balaban J connectivity index is 2.20. The summed E-state index contributed by atoms with van der Waals surface area (Å²) in [5.74, 6) is 0.709. The van der Waals surface area contributed by atoms with E-state index in [0.717, 1.165) is 19.4 Å². The molecule has 0 amide bonds. The normalized spacial score (nSPS) is 24.6. The Morgan fingerprint density at radius 3 is 2.30 bits per heavy atom. The van der Waals surface area contributed by atoms with Gasteiger partial charge >= 0.3 is 0 Å². The number of benzene rings is 1. The molecule has 1 fully saturated rings. The molecule has 2 unspecified atom stereocenters. The van der Waals surface area contributed by atoms with Crippen LogP contribution < -0.4 is 5.73 Å². The molecule has 2 nitrogen and oxygen atoms in total. The Morgan fingerprint density at radius 1 is 1.20 bits per heavy atom. The van der Waals surface area contributed by atoms with Crippen LogP contribution in [-0.2, 0) is 6.42 Å². The number of rotatable bonds is 3. The molecule has 112 valence electrons. The van der Waals surface area contributed by atoms with Gasteiger partial charge < -0.3 is 5.73 Å². The van der Waals surface area contributed by atoms with Crippen molar-refractivity contribution in [3.63, 3.8) is 0 Å². The Kier molecular flexibility index (Phi) is 4.55. The second-order valence-electron chi connectivity index (χ2n) is 7.60. The van der Waals surface area contributed by atoms with Crippen LogP contribution in [0.25, 0.3) is 0 Å². The molecule has 0 aliphatic carbocycles. The minimum atomic E-state index is 0.176. The van der Waals surface area contributed by atoms with Crippen LogP contribution in [0.3, 0.4) is 0 Å². The van der Waals surface area contributed by atoms with E-state index in [1.165, 1.54) is 11.1 Å². The molecule has 0 aromatic heterocycles. The van der Waals surface area contributed by atoms with E-state index < -0.39 is 0 Å². The first-order chi connectivity index (χ1) is 9.29. The summed E-state index contributed by atoms with van der Waals surface area (Å²) in [6.07, 6.45) is 2.25. The molecule has 2 rings (SSSR count). The lowest BCUT2D eigenvalue weighted by molar-refractivity contribution is 0.117. The number of likely N-dealkylation sites (tertiary alicyclic amines) is 1. The topological polar surface area (TPSA) is 29.3 Å². The van der Waals surface area contributed by atoms with Gasteiger partial charge in [-0.3, -0.25) is 4.90 Å². The predicted molar refractivity (Wildman–Crippen MR) is 86.8 cm³/mol. The predicted octanol–water partition coefficient (Wildman–Crippen LogP) is 3.76. The zero-order chi connectivity index (χ0) is 14.9. The Hall–Kier alpha value is -0.860. The fourth-order valence-electron chi connectivity index (χ4n) is 3.32. The van der Waals surface area contributed by atoms with Gasteiger partial charge in [0.05, 0.1) is 6.04 Å². The van der Waals surface area contributed by atoms with Crippen molar-refractivity contribution in [2.45, 2.75) is 65.1 Å². The Labute approximate surface area is 124 Å². The highest BCUT2D eigenvalue weighted by Crippen LogP contribution is 2.36. The molecule has 1 aromatic rings. The maximum Gasteiger partial charge on any atom is 0.0504 e. The first-order valence-electron chi connectivity index (χ1n) is 7.90. The first-order valence-corrected chi connectivity index (χ1v) is 7.90. The van der Waals surface area contributed by atoms with Gasteiger partial charge in [0.25, 0.3) is 0 Å². The van der Waals surface area contributed by atoms with Gasteiger partial charge in [0.1, 0.15) is 0 Å². The van der Waals surface area contributed by atoms with Crippen LogP contribution in [0, 0.1) is 5.92 Å². The number of nitrogens with two attached hydrogens (primary N) is 1. The zero-order valence-corrected chi connectivity index (χ0v) is 13.7. The van der Waals surface area contributed by atoms with E-state index >= 15 is 0 Å². The lowest BCUT2D eigenvalue weighted by Crippen LogP contribution is -2.43. The summed E-state index contributed by atoms with van der Waals surface area (Å²) in [4.78, 5) is 2.55. The van der Waals surface area contributed by atoms with Crippen molar-refractivity contribution >= 4 is 0 Å². The van der Waals surface area contributed by atoms with Crippen molar-refractivity contribution in [1.29, 1.82) is 0 Å². The number of nitrogens with zero attached hydrogens (tertiary/aromatic N) is 1. The number of hydrogen-bond donors (Lipinski definition) is 1. The van der Waals surface area contributed by atoms with Gasteiger partial charge in [-0.25, -0.2) is 0 Å². The molecule has 1 heterocycles. The molecule has 20 heavy (non-hydrogen) atoms. The molecular formula is C18H30N2. The minimum absolute atomic E-state index is 0.176. The third-order valence-corrected chi connectivity index (χ3v) is 4.27. The van der Waals surface area contributed by atoms with Crippen LogP contribution in [0.5, 0.6) is 0 Å². The summed E-state index contributed by atoms with van der Waals surface area (Å²) in [5, 5.41) is 0. The lowest BCUT2D eigenvalue weighted by Gasteiger charge is -2.38. The van der Waals surface area contributed by atoms with Crippen LogP contribution >= 0.6 is 0 Å². The van der Waals surface area contributed by atoms with E-state index in [-0.39, 0.29) is 11.6 Å². The highest BCUT2D eigenvalue weighted by Gasteiger charge is 2.38. The van der Waals surface area contributed by atoms with Crippen LogP contribution in [-0.4, -0.2) is 23.0 Å². The van der Waals surface area contributed by atoms with E-state index in [0.29, 0.717) is 12.0 Å². The average molecular weight is 274 g/mol. The van der Waals surface area contributed by atoms with Crippen molar-refractivity contribution in [1.82, 2.24) is 4.90 Å². The van der Waals surface area contributed by atoms with E-state index in [4.69, 9.17) is 5.73 Å². The zero-order valence-electron chi connectivity index (χ0n) is 13.7. The van der Waals surface area contributed by atoms with Gasteiger partial charge in [0, 0.05) is 18.1 Å². The standard InChI is InChI=1S/C18H30N2/c1-13(2)12-14-6-8-15(9-7-14)17-16(19)10-11-20(17)18(3,4)5/h6-9,13,16-17H,10-12,19H2,1-5H3. The fraction of sp³-hybridized carbons (Fsp3) is 0.667. The average Bonchev–Trinajstić information content (AvgIpc) is 2.71. The van der Waals surface area contributed by atoms with Gasteiger partial charge in [-0.05, 0) is 50.7 Å². The van der Waals surface area contributed by atoms with E-state index in [1.807, 2.05) is 0 Å². The van der Waals surface area contributed by atoms with Crippen molar-refractivity contribution in [3.05, 3.63) is 35.4 Å². The Bertz CT molecular complexity index is 428. The molecule has 1 aromatic carbocycles. The minimum Gasteiger partial charge on any atom is -0.326 e. The first kappa shape index (κ1) is 15.5. The smallest absolute Gasteiger partial charge is 0.0504 e. The Morgan fingerprint density at radius 2 is 1.80 bits per heavy atom. The molecule has 2 atom stereocenters. The van der Waals surface area contributed by atoms with Gasteiger partial charge in [0.2, 0.25) is 0 Å². The van der Waals surface area contributed by atoms with Crippen molar-refractivity contribution < 1.29 is 0 Å². The molecular weight excluding hydrogens is 244 g/mol. The van der Waals surface area contributed by atoms with Crippen LogP contribution in [0.1, 0.15) is 58.2 Å². The van der Waals surface area contributed by atoms with Gasteiger partial charge in [-0.2, -0.15) is 0 Å². The quantitative estimate of drug-likeness (QED) is 0.909. The third-order valence-electron chi connectivity index (χ3n) is 4.27. The maximum absolute atomic E-state index is 6.38. The van der Waals surface area contributed by atoms with Crippen molar-refractivity contribution in [2.75, 3.05) is 6.54 Å². The van der Waals surface area contributed by atoms with Gasteiger partial charge in [-0.1, -0.05) is 38.1 Å².